The van der Waals surface area contributed by atoms with Gasteiger partial charge in [-0.2, -0.15) is 9.61 Å². The highest BCUT2D eigenvalue weighted by molar-refractivity contribution is 5.97. The molecule has 0 aliphatic carbocycles. The van der Waals surface area contributed by atoms with E-state index in [1.165, 1.54) is 0 Å². The average molecular weight is 533 g/mol. The van der Waals surface area contributed by atoms with Gasteiger partial charge in [0.05, 0.1) is 11.9 Å². The fourth-order valence-corrected chi connectivity index (χ4v) is 4.93. The Morgan fingerprint density at radius 3 is 2.73 bits per heavy atom. The number of likely N-dealkylation sites (N-methyl/N-ethyl adjacent to an activating group) is 1. The minimum Gasteiger partial charge on any atom is -0.366 e. The summed E-state index contributed by atoms with van der Waals surface area (Å²) < 4.78 is 1.89. The molecule has 7 nitrogen and oxygen atoms in total. The maximum atomic E-state index is 12.5. The second-order valence-electron chi connectivity index (χ2n) is 10.8. The van der Waals surface area contributed by atoms with E-state index in [9.17, 15) is 4.79 Å². The molecule has 0 unspecified atom stereocenters. The molecule has 0 saturated heterocycles. The first-order valence-corrected chi connectivity index (χ1v) is 13.7. The molecule has 5 rings (SSSR count). The van der Waals surface area contributed by atoms with Crippen molar-refractivity contribution in [3.05, 3.63) is 102 Å². The van der Waals surface area contributed by atoms with Crippen LogP contribution < -0.4 is 5.32 Å². The van der Waals surface area contributed by atoms with E-state index in [2.05, 4.69) is 54.6 Å². The minimum absolute atomic E-state index is 0.102. The number of fused-ring (bicyclic) bond motifs is 2. The van der Waals surface area contributed by atoms with E-state index in [1.807, 2.05) is 73.2 Å². The zero-order valence-corrected chi connectivity index (χ0v) is 23.8. The van der Waals surface area contributed by atoms with Crippen LogP contribution in [0.15, 0.2) is 79.1 Å². The van der Waals surface area contributed by atoms with Crippen LogP contribution in [0, 0.1) is 6.92 Å². The first kappa shape index (κ1) is 27.2. The molecule has 1 N–H and O–H groups in total. The summed E-state index contributed by atoms with van der Waals surface area (Å²) in [7, 11) is 3.97. The van der Waals surface area contributed by atoms with Crippen molar-refractivity contribution in [1.29, 1.82) is 0 Å². The third kappa shape index (κ3) is 5.95. The number of allylic oxidation sites excluding steroid dienone is 1. The van der Waals surface area contributed by atoms with Gasteiger partial charge in [0.1, 0.15) is 5.82 Å². The highest BCUT2D eigenvalue weighted by Gasteiger charge is 2.15. The molecule has 2 aromatic carbocycles. The van der Waals surface area contributed by atoms with Gasteiger partial charge in [0.25, 0.3) is 0 Å². The van der Waals surface area contributed by atoms with Gasteiger partial charge in [0, 0.05) is 54.0 Å². The van der Waals surface area contributed by atoms with Crippen LogP contribution in [0.2, 0.25) is 0 Å². The Bertz CT molecular complexity index is 1700. The van der Waals surface area contributed by atoms with Gasteiger partial charge < -0.3 is 10.2 Å². The average Bonchev–Trinajstić information content (AvgIpc) is 3.35. The Kier molecular flexibility index (Phi) is 8.03. The van der Waals surface area contributed by atoms with Gasteiger partial charge in [-0.15, -0.1) is 0 Å². The highest BCUT2D eigenvalue weighted by Crippen LogP contribution is 2.31. The predicted molar refractivity (Wildman–Crippen MR) is 163 cm³/mol. The SMILES string of the molecule is Cc1cc(NCc2ccccc2-c2nccc3cc(CC(=O)/C=C/CN(C)C)ccc23)n2ncc(C(C)C)c2n1. The summed E-state index contributed by atoms with van der Waals surface area (Å²) >= 11 is 0. The lowest BCUT2D eigenvalue weighted by atomic mass is 9.97. The molecule has 0 radical (unpaired) electrons. The molecule has 3 heterocycles. The summed E-state index contributed by atoms with van der Waals surface area (Å²) in [6, 6.07) is 18.6. The molecule has 5 aromatic rings. The molecule has 0 spiro atoms. The van der Waals surface area contributed by atoms with Crippen molar-refractivity contribution in [1.82, 2.24) is 24.5 Å². The van der Waals surface area contributed by atoms with Crippen molar-refractivity contribution >= 4 is 28.0 Å². The first-order chi connectivity index (χ1) is 19.3. The summed E-state index contributed by atoms with van der Waals surface area (Å²) in [5.41, 5.74) is 7.10. The van der Waals surface area contributed by atoms with E-state index >= 15 is 0 Å². The van der Waals surface area contributed by atoms with Crippen molar-refractivity contribution in [2.45, 2.75) is 39.7 Å². The van der Waals surface area contributed by atoms with Crippen LogP contribution in [-0.2, 0) is 17.8 Å². The molecular formula is C33H36N6O. The molecule has 0 atom stereocenters. The molecule has 204 valence electrons. The van der Waals surface area contributed by atoms with E-state index in [0.29, 0.717) is 18.9 Å². The molecular weight excluding hydrogens is 496 g/mol. The zero-order valence-electron chi connectivity index (χ0n) is 23.8. The highest BCUT2D eigenvalue weighted by atomic mass is 16.1. The normalized spacial score (nSPS) is 11.9. The molecule has 0 aliphatic heterocycles. The lowest BCUT2D eigenvalue weighted by Crippen LogP contribution is -2.11. The summed E-state index contributed by atoms with van der Waals surface area (Å²) in [6.45, 7) is 7.69. The molecule has 7 heteroatoms. The van der Waals surface area contributed by atoms with E-state index in [0.717, 1.165) is 62.4 Å². The summed E-state index contributed by atoms with van der Waals surface area (Å²) in [6.07, 6.45) is 7.72. The smallest absolute Gasteiger partial charge is 0.160 e. The van der Waals surface area contributed by atoms with Crippen LogP contribution in [-0.4, -0.2) is 50.9 Å². The number of rotatable bonds is 10. The number of ketones is 1. The van der Waals surface area contributed by atoms with Crippen LogP contribution in [0.3, 0.4) is 0 Å². The number of nitrogens with zero attached hydrogens (tertiary/aromatic N) is 5. The van der Waals surface area contributed by atoms with Gasteiger partial charge in [-0.05, 0) is 55.6 Å². The van der Waals surface area contributed by atoms with Crippen LogP contribution in [0.4, 0.5) is 5.82 Å². The van der Waals surface area contributed by atoms with Gasteiger partial charge in [-0.1, -0.05) is 62.4 Å². The molecule has 0 fully saturated rings. The number of aryl methyl sites for hydroxylation is 1. The van der Waals surface area contributed by atoms with Crippen molar-refractivity contribution in [3.63, 3.8) is 0 Å². The van der Waals surface area contributed by atoms with Crippen molar-refractivity contribution in [2.24, 2.45) is 0 Å². The van der Waals surface area contributed by atoms with Gasteiger partial charge in [0.2, 0.25) is 0 Å². The van der Waals surface area contributed by atoms with E-state index in [-0.39, 0.29) is 5.78 Å². The minimum atomic E-state index is 0.102. The number of pyridine rings is 1. The molecule has 0 amide bonds. The van der Waals surface area contributed by atoms with Gasteiger partial charge in [-0.3, -0.25) is 9.78 Å². The largest absolute Gasteiger partial charge is 0.366 e. The molecule has 0 aliphatic rings. The van der Waals surface area contributed by atoms with Crippen molar-refractivity contribution < 1.29 is 4.79 Å². The monoisotopic (exact) mass is 532 g/mol. The van der Waals surface area contributed by atoms with Crippen LogP contribution >= 0.6 is 0 Å². The lowest BCUT2D eigenvalue weighted by molar-refractivity contribution is -0.114. The molecule has 3 aromatic heterocycles. The second kappa shape index (κ2) is 11.8. The summed E-state index contributed by atoms with van der Waals surface area (Å²) in [5.74, 6) is 1.35. The third-order valence-electron chi connectivity index (χ3n) is 6.96. The van der Waals surface area contributed by atoms with Gasteiger partial charge in [0.15, 0.2) is 11.4 Å². The maximum Gasteiger partial charge on any atom is 0.160 e. The number of hydrogen-bond donors (Lipinski definition) is 1. The Labute approximate surface area is 235 Å². The second-order valence-corrected chi connectivity index (χ2v) is 10.8. The Hall–Kier alpha value is -4.36. The number of anilines is 1. The fraction of sp³-hybridized carbons (Fsp3) is 0.273. The Morgan fingerprint density at radius 2 is 1.93 bits per heavy atom. The van der Waals surface area contributed by atoms with E-state index in [4.69, 9.17) is 9.97 Å². The number of nitrogens with one attached hydrogen (secondary N) is 1. The Morgan fingerprint density at radius 1 is 1.10 bits per heavy atom. The van der Waals surface area contributed by atoms with Crippen LogP contribution in [0.1, 0.15) is 42.1 Å². The maximum absolute atomic E-state index is 12.5. The first-order valence-electron chi connectivity index (χ1n) is 13.7. The van der Waals surface area contributed by atoms with Crippen LogP contribution in [0.5, 0.6) is 0 Å². The topological polar surface area (TPSA) is 75.4 Å². The third-order valence-corrected chi connectivity index (χ3v) is 6.96. The zero-order chi connectivity index (χ0) is 28.2. The predicted octanol–water partition coefficient (Wildman–Crippen LogP) is 6.22. The van der Waals surface area contributed by atoms with Gasteiger partial charge >= 0.3 is 0 Å². The number of hydrogen-bond acceptors (Lipinski definition) is 6. The number of carbonyl (C=O) groups is 1. The molecule has 40 heavy (non-hydrogen) atoms. The number of aromatic nitrogens is 4. The Balaban J connectivity index is 1.42. The fourth-order valence-electron chi connectivity index (χ4n) is 4.93. The summed E-state index contributed by atoms with van der Waals surface area (Å²) in [4.78, 5) is 24.0. The van der Waals surface area contributed by atoms with Crippen molar-refractivity contribution in [2.75, 3.05) is 26.0 Å². The lowest BCUT2D eigenvalue weighted by Gasteiger charge is -2.14. The molecule has 0 bridgehead atoms. The van der Waals surface area contributed by atoms with E-state index in [1.54, 1.807) is 6.08 Å². The van der Waals surface area contributed by atoms with Crippen LogP contribution in [0.25, 0.3) is 27.7 Å². The van der Waals surface area contributed by atoms with Crippen molar-refractivity contribution in [3.8, 4) is 11.3 Å². The van der Waals surface area contributed by atoms with E-state index < -0.39 is 0 Å². The summed E-state index contributed by atoms with van der Waals surface area (Å²) in [5, 5.41) is 10.3. The number of carbonyl (C=O) groups excluding carboxylic acids is 1. The number of benzene rings is 2. The standard InChI is InChI=1S/C33H36N6O/c1-22(2)30-21-36-39-31(17-23(3)37-33(30)39)35-20-26-9-6-7-11-28(26)32-29-13-12-24(18-25(29)14-15-34-32)19-27(40)10-8-16-38(4)5/h6-15,17-18,21-22,35H,16,19-20H2,1-5H3/b10-8+. The molecule has 0 saturated carbocycles. The quantitative estimate of drug-likeness (QED) is 0.215. The van der Waals surface area contributed by atoms with Gasteiger partial charge in [-0.25, -0.2) is 4.98 Å².